The number of thiophene rings is 1. The van der Waals surface area contributed by atoms with E-state index in [1.54, 1.807) is 11.3 Å². The predicted octanol–water partition coefficient (Wildman–Crippen LogP) is 14.4. The van der Waals surface area contributed by atoms with Gasteiger partial charge in [0.25, 0.3) is 0 Å². The van der Waals surface area contributed by atoms with Crippen LogP contribution in [0.25, 0.3) is 103 Å². The molecule has 3 aromatic heterocycles. The molecule has 3 heterocycles. The summed E-state index contributed by atoms with van der Waals surface area (Å²) in [4.78, 5) is 11.5. The molecule has 0 saturated heterocycles. The monoisotopic (exact) mass is 745 g/mol. The first-order valence-electron chi connectivity index (χ1n) is 19.6. The third-order valence-corrected chi connectivity index (χ3v) is 13.3. The first-order valence-corrected chi connectivity index (χ1v) is 20.4. The van der Waals surface area contributed by atoms with Gasteiger partial charge in [-0.15, -0.1) is 11.3 Å². The maximum absolute atomic E-state index is 5.34. The molecule has 0 spiro atoms. The maximum Gasteiger partial charge on any atom is 0.161 e. The van der Waals surface area contributed by atoms with Crippen molar-refractivity contribution in [3.63, 3.8) is 0 Å². The summed E-state index contributed by atoms with van der Waals surface area (Å²) >= 11 is 1.73. The van der Waals surface area contributed by atoms with E-state index in [-0.39, 0.29) is 5.41 Å². The van der Waals surface area contributed by atoms with Gasteiger partial charge in [0.15, 0.2) is 5.82 Å². The second kappa shape index (κ2) is 12.1. The molecule has 8 aromatic carbocycles. The predicted molar refractivity (Wildman–Crippen MR) is 241 cm³/mol. The van der Waals surface area contributed by atoms with E-state index in [4.69, 9.17) is 9.97 Å². The van der Waals surface area contributed by atoms with Crippen LogP contribution < -0.4 is 0 Å². The minimum Gasteiger partial charge on any atom is -0.309 e. The molecule has 0 N–H and O–H groups in total. The van der Waals surface area contributed by atoms with Crippen LogP contribution in [0.1, 0.15) is 25.0 Å². The summed E-state index contributed by atoms with van der Waals surface area (Å²) in [5.41, 5.74) is 14.4. The highest BCUT2D eigenvalue weighted by atomic mass is 32.1. The molecule has 1 aliphatic carbocycles. The van der Waals surface area contributed by atoms with E-state index in [1.807, 2.05) is 0 Å². The van der Waals surface area contributed by atoms with E-state index in [9.17, 15) is 0 Å². The summed E-state index contributed by atoms with van der Waals surface area (Å²) in [6.45, 7) is 4.71. The Balaban J connectivity index is 1.03. The van der Waals surface area contributed by atoms with Crippen LogP contribution in [0.3, 0.4) is 0 Å². The number of benzene rings is 8. The molecule has 0 fully saturated rings. The highest BCUT2D eigenvalue weighted by molar-refractivity contribution is 7.25. The zero-order valence-electron chi connectivity index (χ0n) is 31.5. The van der Waals surface area contributed by atoms with Gasteiger partial charge in [-0.25, -0.2) is 9.97 Å². The van der Waals surface area contributed by atoms with E-state index in [1.165, 1.54) is 76.0 Å². The molecule has 11 aromatic rings. The number of fused-ring (bicyclic) bond motifs is 11. The normalized spacial score (nSPS) is 13.2. The van der Waals surface area contributed by atoms with Crippen molar-refractivity contribution in [2.45, 2.75) is 19.3 Å². The minimum absolute atomic E-state index is 0.0523. The lowest BCUT2D eigenvalue weighted by Crippen LogP contribution is -2.14. The molecule has 0 aliphatic heterocycles. The molecule has 0 bridgehead atoms. The summed E-state index contributed by atoms with van der Waals surface area (Å²) in [6, 6.07) is 64.0. The molecule has 0 atom stereocenters. The van der Waals surface area contributed by atoms with Gasteiger partial charge in [0.2, 0.25) is 0 Å². The molecular formula is C53H35N3S. The molecule has 1 aliphatic rings. The summed E-state index contributed by atoms with van der Waals surface area (Å²) in [5.74, 6) is 0.735. The summed E-state index contributed by atoms with van der Waals surface area (Å²) < 4.78 is 3.65. The summed E-state index contributed by atoms with van der Waals surface area (Å²) in [6.07, 6.45) is 0. The average molecular weight is 746 g/mol. The van der Waals surface area contributed by atoms with Crippen LogP contribution in [-0.2, 0) is 5.41 Å². The van der Waals surface area contributed by atoms with Crippen molar-refractivity contribution in [2.24, 2.45) is 0 Å². The van der Waals surface area contributed by atoms with Crippen molar-refractivity contribution in [1.82, 2.24) is 14.5 Å². The van der Waals surface area contributed by atoms with Gasteiger partial charge >= 0.3 is 0 Å². The van der Waals surface area contributed by atoms with Gasteiger partial charge in [0.1, 0.15) is 4.83 Å². The van der Waals surface area contributed by atoms with Crippen molar-refractivity contribution in [2.75, 3.05) is 0 Å². The van der Waals surface area contributed by atoms with Crippen LogP contribution in [0, 0.1) is 0 Å². The molecule has 0 unspecified atom stereocenters. The second-order valence-corrected chi connectivity index (χ2v) is 16.8. The zero-order chi connectivity index (χ0) is 37.8. The Kier molecular flexibility index (Phi) is 6.85. The average Bonchev–Trinajstić information content (AvgIpc) is 3.88. The number of hydrogen-bond donors (Lipinski definition) is 0. The number of aromatic nitrogens is 3. The standard InChI is InChI=1S/C53H35N3S/c1-53(2)43-17-9-6-15-39(43)48-41-31-46-42(30-36(41)26-29-44(48)53)38-14-7-10-18-45(38)56(46)37-27-24-34(25-28-37)50-49-40-16-8-11-19-47(40)57-52(49)55-51(54-50)35-22-20-33(21-23-35)32-12-4-3-5-13-32/h3-31H,1-2H3. The second-order valence-electron chi connectivity index (χ2n) is 15.8. The Bertz CT molecular complexity index is 3410. The fourth-order valence-electron chi connectivity index (χ4n) is 9.44. The lowest BCUT2D eigenvalue weighted by Gasteiger charge is -2.21. The van der Waals surface area contributed by atoms with Gasteiger partial charge in [-0.3, -0.25) is 0 Å². The van der Waals surface area contributed by atoms with Crippen LogP contribution >= 0.6 is 11.3 Å². The third kappa shape index (κ3) is 4.78. The molecule has 0 saturated carbocycles. The molecule has 0 radical (unpaired) electrons. The highest BCUT2D eigenvalue weighted by Gasteiger charge is 2.36. The Hall–Kier alpha value is -6.88. The fraction of sp³-hybridized carbons (Fsp3) is 0.0566. The Morgan fingerprint density at radius 1 is 0.491 bits per heavy atom. The fourth-order valence-corrected chi connectivity index (χ4v) is 10.5. The first kappa shape index (κ1) is 32.4. The van der Waals surface area contributed by atoms with Crippen LogP contribution in [0.2, 0.25) is 0 Å². The molecule has 0 amide bonds. The lowest BCUT2D eigenvalue weighted by molar-refractivity contribution is 0.661. The van der Waals surface area contributed by atoms with Gasteiger partial charge in [0, 0.05) is 48.5 Å². The lowest BCUT2D eigenvalue weighted by atomic mass is 9.82. The summed E-state index contributed by atoms with van der Waals surface area (Å²) in [5, 5.41) is 7.38. The number of para-hydroxylation sites is 1. The van der Waals surface area contributed by atoms with E-state index in [2.05, 4.69) is 194 Å². The topological polar surface area (TPSA) is 30.7 Å². The molecule has 57 heavy (non-hydrogen) atoms. The highest BCUT2D eigenvalue weighted by Crippen LogP contribution is 2.52. The van der Waals surface area contributed by atoms with Gasteiger partial charge in [-0.2, -0.15) is 0 Å². The van der Waals surface area contributed by atoms with Crippen molar-refractivity contribution in [1.29, 1.82) is 0 Å². The Labute approximate surface area is 334 Å². The smallest absolute Gasteiger partial charge is 0.161 e. The van der Waals surface area contributed by atoms with Gasteiger partial charge in [0.05, 0.1) is 16.7 Å². The first-order chi connectivity index (χ1) is 28.0. The molecule has 268 valence electrons. The van der Waals surface area contributed by atoms with Gasteiger partial charge in [-0.05, 0) is 80.6 Å². The van der Waals surface area contributed by atoms with E-state index in [0.29, 0.717) is 0 Å². The van der Waals surface area contributed by atoms with Gasteiger partial charge < -0.3 is 4.57 Å². The van der Waals surface area contributed by atoms with Gasteiger partial charge in [-0.1, -0.05) is 153 Å². The SMILES string of the molecule is CC1(C)c2ccccc2-c2c1ccc1cc3c4ccccc4n(-c4ccc(-c5nc(-c6ccc(-c7ccccc7)cc6)nc6sc7ccccc7c56)cc4)c3cc21. The van der Waals surface area contributed by atoms with E-state index in [0.717, 1.165) is 38.5 Å². The molecule has 4 heteroatoms. The van der Waals surface area contributed by atoms with Crippen molar-refractivity contribution < 1.29 is 0 Å². The maximum atomic E-state index is 5.34. The zero-order valence-corrected chi connectivity index (χ0v) is 32.3. The van der Waals surface area contributed by atoms with Crippen molar-refractivity contribution in [3.05, 3.63) is 187 Å². The van der Waals surface area contributed by atoms with Crippen LogP contribution in [-0.4, -0.2) is 14.5 Å². The third-order valence-electron chi connectivity index (χ3n) is 12.2. The van der Waals surface area contributed by atoms with Crippen molar-refractivity contribution >= 4 is 64.2 Å². The number of hydrogen-bond acceptors (Lipinski definition) is 3. The Morgan fingerprint density at radius 2 is 1.18 bits per heavy atom. The minimum atomic E-state index is -0.0523. The van der Waals surface area contributed by atoms with E-state index >= 15 is 0 Å². The van der Waals surface area contributed by atoms with Crippen LogP contribution in [0.4, 0.5) is 0 Å². The summed E-state index contributed by atoms with van der Waals surface area (Å²) in [7, 11) is 0. The number of nitrogens with zero attached hydrogens (tertiary/aromatic N) is 3. The van der Waals surface area contributed by atoms with Crippen LogP contribution in [0.15, 0.2) is 176 Å². The Morgan fingerprint density at radius 3 is 2.02 bits per heavy atom. The van der Waals surface area contributed by atoms with Crippen molar-refractivity contribution in [3.8, 4) is 50.6 Å². The quantitative estimate of drug-likeness (QED) is 0.180. The van der Waals surface area contributed by atoms with E-state index < -0.39 is 0 Å². The molecule has 12 rings (SSSR count). The number of rotatable bonds is 4. The largest absolute Gasteiger partial charge is 0.309 e. The molecular weight excluding hydrogens is 711 g/mol. The van der Waals surface area contributed by atoms with Crippen LogP contribution in [0.5, 0.6) is 0 Å². The molecule has 3 nitrogen and oxygen atoms in total.